The highest BCUT2D eigenvalue weighted by Gasteiger charge is 2.20. The van der Waals surface area contributed by atoms with Gasteiger partial charge in [-0.05, 0) is 58.7 Å². The zero-order valence-corrected chi connectivity index (χ0v) is 27.6. The molecule has 0 unspecified atom stereocenters. The van der Waals surface area contributed by atoms with Crippen molar-refractivity contribution in [3.8, 4) is 56.4 Å². The zero-order valence-electron chi connectivity index (χ0n) is 26.7. The highest BCUT2D eigenvalue weighted by Crippen LogP contribution is 2.41. The number of nitrogens with zero attached hydrogens (tertiary/aromatic N) is 3. The Hall–Kier alpha value is -6.43. The van der Waals surface area contributed by atoms with Crippen LogP contribution in [0.4, 0.5) is 0 Å². The van der Waals surface area contributed by atoms with Gasteiger partial charge in [-0.1, -0.05) is 127 Å². The van der Waals surface area contributed by atoms with Gasteiger partial charge in [-0.15, -0.1) is 11.3 Å². The molecule has 10 aromatic rings. The van der Waals surface area contributed by atoms with Crippen molar-refractivity contribution >= 4 is 53.4 Å². The maximum atomic E-state index is 6.48. The Kier molecular flexibility index (Phi) is 6.64. The van der Waals surface area contributed by atoms with E-state index in [9.17, 15) is 0 Å². The summed E-state index contributed by atoms with van der Waals surface area (Å²) in [6.45, 7) is 0. The molecule has 0 aliphatic carbocycles. The summed E-state index contributed by atoms with van der Waals surface area (Å²) in [5.41, 5.74) is 8.76. The Bertz CT molecular complexity index is 2890. The summed E-state index contributed by atoms with van der Waals surface area (Å²) in [5.74, 6) is 1.78. The van der Waals surface area contributed by atoms with E-state index in [0.717, 1.165) is 60.9 Å². The van der Waals surface area contributed by atoms with E-state index >= 15 is 0 Å². The van der Waals surface area contributed by atoms with Crippen LogP contribution in [0.1, 0.15) is 0 Å². The van der Waals surface area contributed by atoms with Crippen LogP contribution in [0, 0.1) is 0 Å². The van der Waals surface area contributed by atoms with Gasteiger partial charge in [-0.2, -0.15) is 0 Å². The summed E-state index contributed by atoms with van der Waals surface area (Å²) >= 11 is 1.80. The molecule has 7 aromatic carbocycles. The fourth-order valence-electron chi connectivity index (χ4n) is 7.03. The number of para-hydroxylation sites is 2. The third-order valence-electron chi connectivity index (χ3n) is 9.39. The quantitative estimate of drug-likeness (QED) is 0.185. The Morgan fingerprint density at radius 2 is 0.940 bits per heavy atom. The van der Waals surface area contributed by atoms with E-state index in [4.69, 9.17) is 19.4 Å². The molecule has 0 aliphatic heterocycles. The predicted octanol–water partition coefficient (Wildman–Crippen LogP) is 12.5. The third kappa shape index (κ3) is 4.71. The highest BCUT2D eigenvalue weighted by molar-refractivity contribution is 7.25. The molecule has 0 bridgehead atoms. The summed E-state index contributed by atoms with van der Waals surface area (Å²) in [5, 5.41) is 4.53. The van der Waals surface area contributed by atoms with Crippen LogP contribution in [-0.4, -0.2) is 15.0 Å². The molecule has 0 amide bonds. The van der Waals surface area contributed by atoms with Crippen molar-refractivity contribution in [3.05, 3.63) is 164 Å². The highest BCUT2D eigenvalue weighted by atomic mass is 32.1. The van der Waals surface area contributed by atoms with Crippen molar-refractivity contribution in [3.63, 3.8) is 0 Å². The molecule has 0 radical (unpaired) electrons. The van der Waals surface area contributed by atoms with Crippen molar-refractivity contribution < 1.29 is 4.42 Å². The van der Waals surface area contributed by atoms with Crippen molar-refractivity contribution in [1.29, 1.82) is 0 Å². The monoisotopic (exact) mass is 657 g/mol. The molecule has 3 aromatic heterocycles. The van der Waals surface area contributed by atoms with E-state index in [-0.39, 0.29) is 0 Å². The average molecular weight is 658 g/mol. The summed E-state index contributed by atoms with van der Waals surface area (Å²) in [4.78, 5) is 15.6. The summed E-state index contributed by atoms with van der Waals surface area (Å²) in [6, 6.07) is 56.8. The van der Waals surface area contributed by atoms with Crippen molar-refractivity contribution in [2.45, 2.75) is 0 Å². The molecule has 0 fully saturated rings. The van der Waals surface area contributed by atoms with Crippen LogP contribution in [0.25, 0.3) is 98.5 Å². The van der Waals surface area contributed by atoms with Crippen LogP contribution in [0.2, 0.25) is 0 Å². The van der Waals surface area contributed by atoms with Crippen LogP contribution in [-0.2, 0) is 0 Å². The topological polar surface area (TPSA) is 51.8 Å². The minimum absolute atomic E-state index is 0.566. The zero-order chi connectivity index (χ0) is 33.0. The van der Waals surface area contributed by atoms with Gasteiger partial charge in [0.25, 0.3) is 0 Å². The Morgan fingerprint density at radius 3 is 1.78 bits per heavy atom. The number of hydrogen-bond acceptors (Lipinski definition) is 5. The molecule has 5 heteroatoms. The van der Waals surface area contributed by atoms with Crippen LogP contribution < -0.4 is 0 Å². The van der Waals surface area contributed by atoms with Crippen LogP contribution in [0.15, 0.2) is 168 Å². The molecule has 234 valence electrons. The first-order valence-electron chi connectivity index (χ1n) is 16.6. The first-order valence-corrected chi connectivity index (χ1v) is 17.4. The smallest absolute Gasteiger partial charge is 0.167 e. The Balaban J connectivity index is 1.23. The van der Waals surface area contributed by atoms with Crippen LogP contribution in [0.5, 0.6) is 0 Å². The van der Waals surface area contributed by atoms with Gasteiger partial charge >= 0.3 is 0 Å². The molecular weight excluding hydrogens is 631 g/mol. The third-order valence-corrected chi connectivity index (χ3v) is 10.5. The summed E-state index contributed by atoms with van der Waals surface area (Å²) in [6.07, 6.45) is 0. The van der Waals surface area contributed by atoms with E-state index in [0.29, 0.717) is 17.5 Å². The average Bonchev–Trinajstić information content (AvgIpc) is 3.76. The van der Waals surface area contributed by atoms with Gasteiger partial charge in [0.2, 0.25) is 0 Å². The molecule has 0 saturated carbocycles. The first kappa shape index (κ1) is 28.6. The molecule has 0 aliphatic rings. The second-order valence-corrected chi connectivity index (χ2v) is 13.4. The fraction of sp³-hybridized carbons (Fsp3) is 0. The summed E-state index contributed by atoms with van der Waals surface area (Å²) < 4.78 is 8.98. The van der Waals surface area contributed by atoms with Gasteiger partial charge < -0.3 is 4.42 Å². The van der Waals surface area contributed by atoms with E-state index in [2.05, 4.69) is 133 Å². The van der Waals surface area contributed by atoms with Gasteiger partial charge in [-0.25, -0.2) is 15.0 Å². The maximum Gasteiger partial charge on any atom is 0.167 e. The van der Waals surface area contributed by atoms with Crippen molar-refractivity contribution in [2.75, 3.05) is 0 Å². The number of fused-ring (bicyclic) bond motifs is 6. The standard InChI is InChI=1S/C45H27N3OS/c1-2-13-28(14-3-1)30-15-4-5-16-31(30)32-17-6-7-20-36(32)44-46-43(29-25-26-41-38(27-29)34-19-9-11-24-40(34)50-41)47-45(48-44)37-22-12-21-35-33-18-8-10-23-39(33)49-42(35)37/h1-27H. The Morgan fingerprint density at radius 1 is 0.360 bits per heavy atom. The van der Waals surface area contributed by atoms with E-state index in [1.165, 1.54) is 20.2 Å². The normalized spacial score (nSPS) is 11.6. The SMILES string of the molecule is c1ccc(-c2ccccc2-c2ccccc2-c2nc(-c3ccc4sc5ccccc5c4c3)nc(-c3cccc4c3oc3ccccc34)n2)cc1. The first-order chi connectivity index (χ1) is 24.8. The number of thiophene rings is 1. The molecule has 0 atom stereocenters. The van der Waals surface area contributed by atoms with Crippen molar-refractivity contribution in [1.82, 2.24) is 15.0 Å². The number of benzene rings is 7. The molecule has 0 saturated heterocycles. The fourth-order valence-corrected chi connectivity index (χ4v) is 8.12. The van der Waals surface area contributed by atoms with Gasteiger partial charge in [0.05, 0.1) is 5.56 Å². The number of furan rings is 1. The molecule has 10 rings (SSSR count). The van der Waals surface area contributed by atoms with Gasteiger partial charge in [0, 0.05) is 42.1 Å². The lowest BCUT2D eigenvalue weighted by Gasteiger charge is -2.15. The summed E-state index contributed by atoms with van der Waals surface area (Å²) in [7, 11) is 0. The van der Waals surface area contributed by atoms with Gasteiger partial charge in [-0.3, -0.25) is 0 Å². The minimum atomic E-state index is 0.566. The number of rotatable bonds is 5. The lowest BCUT2D eigenvalue weighted by Crippen LogP contribution is -2.01. The molecular formula is C45H27N3OS. The molecule has 3 heterocycles. The second kappa shape index (κ2) is 11.6. The lowest BCUT2D eigenvalue weighted by atomic mass is 9.91. The van der Waals surface area contributed by atoms with Crippen LogP contribution in [0.3, 0.4) is 0 Å². The van der Waals surface area contributed by atoms with E-state index < -0.39 is 0 Å². The minimum Gasteiger partial charge on any atom is -0.455 e. The maximum absolute atomic E-state index is 6.48. The van der Waals surface area contributed by atoms with Gasteiger partial charge in [0.15, 0.2) is 17.5 Å². The molecule has 50 heavy (non-hydrogen) atoms. The lowest BCUT2D eigenvalue weighted by molar-refractivity contribution is 0.669. The van der Waals surface area contributed by atoms with E-state index in [1.807, 2.05) is 30.3 Å². The second-order valence-electron chi connectivity index (χ2n) is 12.4. The predicted molar refractivity (Wildman–Crippen MR) is 207 cm³/mol. The number of aromatic nitrogens is 3. The van der Waals surface area contributed by atoms with Gasteiger partial charge in [0.1, 0.15) is 11.2 Å². The number of hydrogen-bond donors (Lipinski definition) is 0. The molecule has 4 nitrogen and oxygen atoms in total. The van der Waals surface area contributed by atoms with Crippen molar-refractivity contribution in [2.24, 2.45) is 0 Å². The molecule has 0 spiro atoms. The Labute approximate surface area is 292 Å². The van der Waals surface area contributed by atoms with E-state index in [1.54, 1.807) is 11.3 Å². The van der Waals surface area contributed by atoms with Crippen LogP contribution >= 0.6 is 11.3 Å². The molecule has 0 N–H and O–H groups in total. The largest absolute Gasteiger partial charge is 0.455 e.